The maximum atomic E-state index is 12.3. The van der Waals surface area contributed by atoms with E-state index in [0.717, 1.165) is 16.5 Å². The number of pyridine rings is 1. The monoisotopic (exact) mass is 368 g/mol. The number of hydrogen-bond donors (Lipinski definition) is 1. The summed E-state index contributed by atoms with van der Waals surface area (Å²) >= 11 is 5.99. The SMILES string of the molecule is Cc1ccccc1NC(=O)COC(=O)c1cc2cc(Cl)ccc2nc1C. The number of benzene rings is 2. The van der Waals surface area contributed by atoms with Crippen LogP contribution < -0.4 is 5.32 Å². The van der Waals surface area contributed by atoms with Gasteiger partial charge in [0.25, 0.3) is 5.91 Å². The molecule has 1 N–H and O–H groups in total. The van der Waals surface area contributed by atoms with Gasteiger partial charge in [0.15, 0.2) is 6.61 Å². The molecule has 0 aliphatic carbocycles. The number of amides is 1. The van der Waals surface area contributed by atoms with E-state index in [1.807, 2.05) is 25.1 Å². The summed E-state index contributed by atoms with van der Waals surface area (Å²) in [5, 5.41) is 4.01. The molecule has 0 atom stereocenters. The first kappa shape index (κ1) is 17.9. The minimum Gasteiger partial charge on any atom is -0.452 e. The third kappa shape index (κ3) is 4.00. The molecular formula is C20H17ClN2O3. The van der Waals surface area contributed by atoms with Crippen LogP contribution in [0.4, 0.5) is 5.69 Å². The summed E-state index contributed by atoms with van der Waals surface area (Å²) in [7, 11) is 0. The fraction of sp³-hybridized carbons (Fsp3) is 0.150. The summed E-state index contributed by atoms with van der Waals surface area (Å²) < 4.78 is 5.14. The van der Waals surface area contributed by atoms with Crippen LogP contribution in [0.5, 0.6) is 0 Å². The molecule has 1 heterocycles. The average molecular weight is 369 g/mol. The molecule has 3 aromatic rings. The molecule has 0 bridgehead atoms. The lowest BCUT2D eigenvalue weighted by molar-refractivity contribution is -0.119. The summed E-state index contributed by atoms with van der Waals surface area (Å²) in [5.74, 6) is -1.00. The van der Waals surface area contributed by atoms with Crippen molar-refractivity contribution < 1.29 is 14.3 Å². The molecule has 0 radical (unpaired) electrons. The first-order valence-corrected chi connectivity index (χ1v) is 8.41. The maximum absolute atomic E-state index is 12.3. The van der Waals surface area contributed by atoms with E-state index in [2.05, 4.69) is 10.3 Å². The van der Waals surface area contributed by atoms with Crippen molar-refractivity contribution in [2.24, 2.45) is 0 Å². The molecule has 26 heavy (non-hydrogen) atoms. The average Bonchev–Trinajstić information content (AvgIpc) is 2.61. The van der Waals surface area contributed by atoms with Gasteiger partial charge in [-0.05, 0) is 49.7 Å². The number of fused-ring (bicyclic) bond motifs is 1. The summed E-state index contributed by atoms with van der Waals surface area (Å²) in [6.07, 6.45) is 0. The number of aromatic nitrogens is 1. The van der Waals surface area contributed by atoms with E-state index in [4.69, 9.17) is 16.3 Å². The van der Waals surface area contributed by atoms with E-state index >= 15 is 0 Å². The van der Waals surface area contributed by atoms with E-state index in [1.54, 1.807) is 37.3 Å². The van der Waals surface area contributed by atoms with Crippen LogP contribution in [0.15, 0.2) is 48.5 Å². The molecule has 0 unspecified atom stereocenters. The molecule has 5 nitrogen and oxygen atoms in total. The molecule has 0 fully saturated rings. The number of esters is 1. The Morgan fingerprint density at radius 3 is 2.65 bits per heavy atom. The molecule has 0 aliphatic rings. The maximum Gasteiger partial charge on any atom is 0.340 e. The third-order valence-electron chi connectivity index (χ3n) is 3.94. The van der Waals surface area contributed by atoms with Crippen LogP contribution in [0.2, 0.25) is 5.02 Å². The van der Waals surface area contributed by atoms with Crippen molar-refractivity contribution in [3.05, 3.63) is 70.4 Å². The number of nitrogens with one attached hydrogen (secondary N) is 1. The zero-order valence-electron chi connectivity index (χ0n) is 14.4. The van der Waals surface area contributed by atoms with Crippen molar-refractivity contribution in [2.45, 2.75) is 13.8 Å². The van der Waals surface area contributed by atoms with Crippen molar-refractivity contribution in [2.75, 3.05) is 11.9 Å². The van der Waals surface area contributed by atoms with Gasteiger partial charge in [-0.1, -0.05) is 29.8 Å². The Hall–Kier alpha value is -2.92. The molecular weight excluding hydrogens is 352 g/mol. The molecule has 0 saturated heterocycles. The standard InChI is InChI=1S/C20H17ClN2O3/c1-12-5-3-4-6-17(12)23-19(24)11-26-20(25)16-10-14-9-15(21)7-8-18(14)22-13(16)2/h3-10H,11H2,1-2H3,(H,23,24). The van der Waals surface area contributed by atoms with Crippen molar-refractivity contribution >= 4 is 40.1 Å². The van der Waals surface area contributed by atoms with Crippen molar-refractivity contribution in [1.29, 1.82) is 0 Å². The Bertz CT molecular complexity index is 1000. The number of para-hydroxylation sites is 1. The van der Waals surface area contributed by atoms with Crippen LogP contribution in [0.25, 0.3) is 10.9 Å². The lowest BCUT2D eigenvalue weighted by Crippen LogP contribution is -2.21. The zero-order valence-corrected chi connectivity index (χ0v) is 15.1. The van der Waals surface area contributed by atoms with Crippen LogP contribution in [-0.4, -0.2) is 23.5 Å². The van der Waals surface area contributed by atoms with Gasteiger partial charge in [0.1, 0.15) is 0 Å². The van der Waals surface area contributed by atoms with Crippen LogP contribution in [0.1, 0.15) is 21.6 Å². The number of hydrogen-bond acceptors (Lipinski definition) is 4. The molecule has 1 aromatic heterocycles. The van der Waals surface area contributed by atoms with Crippen molar-refractivity contribution in [3.8, 4) is 0 Å². The number of anilines is 1. The number of halogens is 1. The number of aryl methyl sites for hydroxylation is 2. The van der Waals surface area contributed by atoms with E-state index in [9.17, 15) is 9.59 Å². The van der Waals surface area contributed by atoms with Gasteiger partial charge in [-0.25, -0.2) is 4.79 Å². The fourth-order valence-corrected chi connectivity index (χ4v) is 2.74. The summed E-state index contributed by atoms with van der Waals surface area (Å²) in [4.78, 5) is 28.7. The first-order chi connectivity index (χ1) is 12.4. The lowest BCUT2D eigenvalue weighted by Gasteiger charge is -2.10. The van der Waals surface area contributed by atoms with Crippen LogP contribution in [0.3, 0.4) is 0 Å². The van der Waals surface area contributed by atoms with E-state index in [-0.39, 0.29) is 6.61 Å². The molecule has 3 rings (SSSR count). The molecule has 0 saturated carbocycles. The molecule has 1 amide bonds. The minimum absolute atomic E-state index is 0.309. The highest BCUT2D eigenvalue weighted by Gasteiger charge is 2.15. The predicted octanol–water partition coefficient (Wildman–Crippen LogP) is 4.30. The van der Waals surface area contributed by atoms with Gasteiger partial charge in [0.05, 0.1) is 16.8 Å². The minimum atomic E-state index is -0.600. The van der Waals surface area contributed by atoms with Gasteiger partial charge < -0.3 is 10.1 Å². The molecule has 0 aliphatic heterocycles. The Morgan fingerprint density at radius 1 is 1.12 bits per heavy atom. The number of carbonyl (C=O) groups excluding carboxylic acids is 2. The quantitative estimate of drug-likeness (QED) is 0.697. The van der Waals surface area contributed by atoms with Crippen molar-refractivity contribution in [3.63, 3.8) is 0 Å². The van der Waals surface area contributed by atoms with Gasteiger partial charge in [-0.2, -0.15) is 0 Å². The Balaban J connectivity index is 1.70. The third-order valence-corrected chi connectivity index (χ3v) is 4.18. The smallest absolute Gasteiger partial charge is 0.340 e. The Morgan fingerprint density at radius 2 is 1.88 bits per heavy atom. The highest BCUT2D eigenvalue weighted by atomic mass is 35.5. The molecule has 132 valence electrons. The second-order valence-corrected chi connectivity index (χ2v) is 6.33. The fourth-order valence-electron chi connectivity index (χ4n) is 2.56. The highest BCUT2D eigenvalue weighted by Crippen LogP contribution is 2.21. The molecule has 6 heteroatoms. The van der Waals surface area contributed by atoms with Gasteiger partial charge in [0.2, 0.25) is 0 Å². The topological polar surface area (TPSA) is 68.3 Å². The van der Waals surface area contributed by atoms with Gasteiger partial charge in [-0.3, -0.25) is 9.78 Å². The Labute approximate surface area is 156 Å². The number of ether oxygens (including phenoxy) is 1. The van der Waals surface area contributed by atoms with Crippen LogP contribution in [0, 0.1) is 13.8 Å². The lowest BCUT2D eigenvalue weighted by atomic mass is 10.1. The normalized spacial score (nSPS) is 10.6. The predicted molar refractivity (Wildman–Crippen MR) is 102 cm³/mol. The van der Waals surface area contributed by atoms with Gasteiger partial charge >= 0.3 is 5.97 Å². The largest absolute Gasteiger partial charge is 0.452 e. The van der Waals surface area contributed by atoms with Crippen molar-refractivity contribution in [1.82, 2.24) is 4.98 Å². The number of nitrogens with zero attached hydrogens (tertiary/aromatic N) is 1. The van der Waals surface area contributed by atoms with Crippen LogP contribution >= 0.6 is 11.6 Å². The number of carbonyl (C=O) groups is 2. The van der Waals surface area contributed by atoms with E-state index in [1.165, 1.54) is 0 Å². The summed E-state index contributed by atoms with van der Waals surface area (Å²) in [5.41, 5.74) is 3.19. The Kier molecular flexibility index (Phi) is 5.19. The van der Waals surface area contributed by atoms with E-state index in [0.29, 0.717) is 22.0 Å². The van der Waals surface area contributed by atoms with Crippen LogP contribution in [-0.2, 0) is 9.53 Å². The number of rotatable bonds is 4. The second kappa shape index (κ2) is 7.54. The first-order valence-electron chi connectivity index (χ1n) is 8.03. The zero-order chi connectivity index (χ0) is 18.7. The second-order valence-electron chi connectivity index (χ2n) is 5.90. The highest BCUT2D eigenvalue weighted by molar-refractivity contribution is 6.31. The van der Waals surface area contributed by atoms with E-state index < -0.39 is 11.9 Å². The summed E-state index contributed by atoms with van der Waals surface area (Å²) in [6, 6.07) is 14.3. The molecule has 0 spiro atoms. The molecule has 2 aromatic carbocycles. The van der Waals surface area contributed by atoms with Gasteiger partial charge in [0, 0.05) is 16.1 Å². The summed E-state index contributed by atoms with van der Waals surface area (Å²) in [6.45, 7) is 3.23. The van der Waals surface area contributed by atoms with Gasteiger partial charge in [-0.15, -0.1) is 0 Å².